The third-order valence-electron chi connectivity index (χ3n) is 1.52. The van der Waals surface area contributed by atoms with Gasteiger partial charge >= 0.3 is 0 Å². The maximum absolute atomic E-state index is 11.3. The Morgan fingerprint density at radius 2 is 2.25 bits per heavy atom. The standard InChI is InChI=1S/C9H8BClO/c1-6(10)9(12)7-3-2-4-8(11)5-7/h2-6H,1H3. The zero-order valence-electron chi connectivity index (χ0n) is 6.75. The van der Waals surface area contributed by atoms with Crippen molar-refractivity contribution in [3.8, 4) is 0 Å². The first-order valence-electron chi connectivity index (χ1n) is 3.66. The van der Waals surface area contributed by atoms with Crippen molar-refractivity contribution in [1.82, 2.24) is 0 Å². The first-order chi connectivity index (χ1) is 5.61. The van der Waals surface area contributed by atoms with Crippen molar-refractivity contribution in [1.29, 1.82) is 0 Å². The average Bonchev–Trinajstić information content (AvgIpc) is 2.03. The van der Waals surface area contributed by atoms with Crippen LogP contribution < -0.4 is 0 Å². The summed E-state index contributed by atoms with van der Waals surface area (Å²) in [6, 6.07) is 6.78. The Balaban J connectivity index is 2.96. The molecule has 12 heavy (non-hydrogen) atoms. The third-order valence-corrected chi connectivity index (χ3v) is 1.76. The van der Waals surface area contributed by atoms with Crippen LogP contribution in [0.5, 0.6) is 0 Å². The van der Waals surface area contributed by atoms with Crippen molar-refractivity contribution in [3.63, 3.8) is 0 Å². The number of halogens is 1. The molecule has 0 aliphatic rings. The fourth-order valence-electron chi connectivity index (χ4n) is 0.905. The van der Waals surface area contributed by atoms with E-state index in [2.05, 4.69) is 0 Å². The molecule has 1 aromatic carbocycles. The van der Waals surface area contributed by atoms with Crippen LogP contribution >= 0.6 is 11.6 Å². The van der Waals surface area contributed by atoms with E-state index in [-0.39, 0.29) is 5.78 Å². The lowest BCUT2D eigenvalue weighted by Crippen LogP contribution is -2.04. The maximum atomic E-state index is 11.3. The first-order valence-corrected chi connectivity index (χ1v) is 4.04. The molecular formula is C9H8BClO. The SMILES string of the molecule is [B]C(C)C(=O)c1cccc(Cl)c1. The van der Waals surface area contributed by atoms with Gasteiger partial charge in [0.05, 0.1) is 7.85 Å². The molecule has 0 fully saturated rings. The van der Waals surface area contributed by atoms with Crippen molar-refractivity contribution in [2.75, 3.05) is 0 Å². The number of carbonyl (C=O) groups excluding carboxylic acids is 1. The lowest BCUT2D eigenvalue weighted by atomic mass is 9.83. The summed E-state index contributed by atoms with van der Waals surface area (Å²) in [6.45, 7) is 1.66. The summed E-state index contributed by atoms with van der Waals surface area (Å²) in [5.41, 5.74) is 0.567. The van der Waals surface area contributed by atoms with Crippen LogP contribution in [0.3, 0.4) is 0 Å². The zero-order valence-corrected chi connectivity index (χ0v) is 7.51. The first kappa shape index (κ1) is 9.33. The molecule has 0 saturated heterocycles. The van der Waals surface area contributed by atoms with Gasteiger partial charge in [-0.25, -0.2) is 0 Å². The Morgan fingerprint density at radius 1 is 1.58 bits per heavy atom. The molecule has 1 nitrogen and oxygen atoms in total. The van der Waals surface area contributed by atoms with Crippen LogP contribution in [0.15, 0.2) is 24.3 Å². The van der Waals surface area contributed by atoms with Gasteiger partial charge in [-0.2, -0.15) is 0 Å². The highest BCUT2D eigenvalue weighted by Crippen LogP contribution is 2.15. The third kappa shape index (κ3) is 2.11. The molecule has 0 aliphatic carbocycles. The van der Waals surface area contributed by atoms with Crippen molar-refractivity contribution in [2.45, 2.75) is 12.7 Å². The average molecular weight is 178 g/mol. The summed E-state index contributed by atoms with van der Waals surface area (Å²) in [7, 11) is 5.43. The molecule has 2 radical (unpaired) electrons. The van der Waals surface area contributed by atoms with E-state index in [9.17, 15) is 4.79 Å². The van der Waals surface area contributed by atoms with Gasteiger partial charge in [-0.05, 0) is 17.9 Å². The second-order valence-electron chi connectivity index (χ2n) is 2.66. The quantitative estimate of drug-likeness (QED) is 0.502. The number of hydrogen-bond donors (Lipinski definition) is 0. The van der Waals surface area contributed by atoms with Crippen LogP contribution in [0.4, 0.5) is 0 Å². The van der Waals surface area contributed by atoms with Crippen molar-refractivity contribution in [3.05, 3.63) is 34.9 Å². The van der Waals surface area contributed by atoms with Crippen LogP contribution in [0.2, 0.25) is 10.8 Å². The van der Waals surface area contributed by atoms with Crippen LogP contribution in [0.1, 0.15) is 17.3 Å². The number of benzene rings is 1. The predicted molar refractivity (Wildman–Crippen MR) is 51.0 cm³/mol. The monoisotopic (exact) mass is 178 g/mol. The molecule has 1 rings (SSSR count). The highest BCUT2D eigenvalue weighted by molar-refractivity contribution is 6.32. The van der Waals surface area contributed by atoms with Gasteiger partial charge in [0.2, 0.25) is 0 Å². The molecule has 0 amide bonds. The Morgan fingerprint density at radius 3 is 2.75 bits per heavy atom. The van der Waals surface area contributed by atoms with Gasteiger partial charge in [0, 0.05) is 10.6 Å². The summed E-state index contributed by atoms with van der Waals surface area (Å²) in [4.78, 5) is 11.3. The molecule has 3 heteroatoms. The van der Waals surface area contributed by atoms with Gasteiger partial charge in [0.15, 0.2) is 5.78 Å². The minimum atomic E-state index is -0.469. The van der Waals surface area contributed by atoms with Gasteiger partial charge in [0.1, 0.15) is 0 Å². The second kappa shape index (κ2) is 3.77. The van der Waals surface area contributed by atoms with E-state index in [4.69, 9.17) is 19.4 Å². The van der Waals surface area contributed by atoms with Gasteiger partial charge in [-0.15, -0.1) is 0 Å². The minimum Gasteiger partial charge on any atom is -0.295 e. The molecular weight excluding hydrogens is 170 g/mol. The minimum absolute atomic E-state index is 0.0856. The fraction of sp³-hybridized carbons (Fsp3) is 0.222. The summed E-state index contributed by atoms with van der Waals surface area (Å²) < 4.78 is 0. The van der Waals surface area contributed by atoms with E-state index in [1.165, 1.54) is 0 Å². The highest BCUT2D eigenvalue weighted by Gasteiger charge is 2.09. The molecule has 0 spiro atoms. The van der Waals surface area contributed by atoms with Crippen LogP contribution in [-0.2, 0) is 0 Å². The van der Waals surface area contributed by atoms with Crippen LogP contribution in [0, 0.1) is 0 Å². The molecule has 1 aromatic rings. The lowest BCUT2D eigenvalue weighted by molar-refractivity contribution is 0.0989. The Hall–Kier alpha value is -0.755. The number of carbonyl (C=O) groups is 1. The fourth-order valence-corrected chi connectivity index (χ4v) is 1.09. The van der Waals surface area contributed by atoms with Crippen LogP contribution in [-0.4, -0.2) is 13.6 Å². The summed E-state index contributed by atoms with van der Waals surface area (Å²) in [5.74, 6) is -0.555. The van der Waals surface area contributed by atoms with E-state index < -0.39 is 5.82 Å². The number of ketones is 1. The van der Waals surface area contributed by atoms with Crippen molar-refractivity contribution in [2.24, 2.45) is 0 Å². The molecule has 0 heterocycles. The Bertz CT molecular complexity index is 296. The largest absolute Gasteiger partial charge is 0.295 e. The van der Waals surface area contributed by atoms with Gasteiger partial charge in [0.25, 0.3) is 0 Å². The van der Waals surface area contributed by atoms with Crippen molar-refractivity contribution >= 4 is 25.2 Å². The Labute approximate surface area is 78.1 Å². The number of rotatable bonds is 2. The lowest BCUT2D eigenvalue weighted by Gasteiger charge is -2.03. The predicted octanol–water partition coefficient (Wildman–Crippen LogP) is 2.50. The summed E-state index contributed by atoms with van der Waals surface area (Å²) >= 11 is 5.70. The molecule has 0 saturated carbocycles. The highest BCUT2D eigenvalue weighted by atomic mass is 35.5. The van der Waals surface area contributed by atoms with Crippen LogP contribution in [0.25, 0.3) is 0 Å². The number of Topliss-reactive ketones (excluding diaryl/α,β-unsaturated/α-hetero) is 1. The van der Waals surface area contributed by atoms with Crippen molar-refractivity contribution < 1.29 is 4.79 Å². The number of hydrogen-bond acceptors (Lipinski definition) is 1. The molecule has 1 unspecified atom stereocenters. The van der Waals surface area contributed by atoms with Gasteiger partial charge < -0.3 is 0 Å². The second-order valence-corrected chi connectivity index (χ2v) is 3.10. The zero-order chi connectivity index (χ0) is 9.14. The molecule has 0 aromatic heterocycles. The van der Waals surface area contributed by atoms with Gasteiger partial charge in [-0.1, -0.05) is 30.7 Å². The van der Waals surface area contributed by atoms with E-state index in [1.807, 2.05) is 0 Å². The van der Waals surface area contributed by atoms with E-state index >= 15 is 0 Å². The van der Waals surface area contributed by atoms with E-state index in [0.29, 0.717) is 10.6 Å². The Kier molecular flexibility index (Phi) is 2.93. The maximum Gasteiger partial charge on any atom is 0.157 e. The molecule has 1 atom stereocenters. The van der Waals surface area contributed by atoms with E-state index in [0.717, 1.165) is 0 Å². The van der Waals surface area contributed by atoms with Gasteiger partial charge in [-0.3, -0.25) is 4.79 Å². The molecule has 60 valence electrons. The normalized spacial score (nSPS) is 12.5. The molecule has 0 aliphatic heterocycles. The molecule has 0 N–H and O–H groups in total. The smallest absolute Gasteiger partial charge is 0.157 e. The summed E-state index contributed by atoms with van der Waals surface area (Å²) in [5, 5.41) is 0.557. The van der Waals surface area contributed by atoms with E-state index in [1.54, 1.807) is 31.2 Å². The molecule has 0 bridgehead atoms. The summed E-state index contributed by atoms with van der Waals surface area (Å²) in [6.07, 6.45) is 0. The topological polar surface area (TPSA) is 17.1 Å².